The van der Waals surface area contributed by atoms with E-state index in [1.54, 1.807) is 0 Å². The minimum Gasteiger partial charge on any atom is -0.462 e. The fourth-order valence-electron chi connectivity index (χ4n) is 11.5. The Bertz CT molecular complexity index is 1000. The number of ether oxygens (including phenoxy) is 1. The largest absolute Gasteiger partial charge is 0.462 e. The van der Waals surface area contributed by atoms with Crippen LogP contribution in [0.3, 0.4) is 0 Å². The van der Waals surface area contributed by atoms with Crippen LogP contribution in [0.2, 0.25) is 0 Å². The Balaban J connectivity index is 1.60. The van der Waals surface area contributed by atoms with Gasteiger partial charge < -0.3 is 14.9 Å². The van der Waals surface area contributed by atoms with Crippen molar-refractivity contribution >= 4 is 11.8 Å². The summed E-state index contributed by atoms with van der Waals surface area (Å²) < 4.78 is 5.83. The number of hydrogen-bond donors (Lipinski definition) is 2. The van der Waals surface area contributed by atoms with Crippen LogP contribution in [0.1, 0.15) is 120 Å². The molecule has 5 aliphatic carbocycles. The second-order valence-electron chi connectivity index (χ2n) is 16.4. The van der Waals surface area contributed by atoms with Crippen LogP contribution in [0.15, 0.2) is 0 Å². The first-order chi connectivity index (χ1) is 16.8. The highest BCUT2D eigenvalue weighted by Gasteiger charge is 2.79. The van der Waals surface area contributed by atoms with Crippen LogP contribution in [0.4, 0.5) is 0 Å². The van der Waals surface area contributed by atoms with Crippen molar-refractivity contribution in [2.75, 3.05) is 0 Å². The van der Waals surface area contributed by atoms with E-state index in [0.717, 1.165) is 44.9 Å². The summed E-state index contributed by atoms with van der Waals surface area (Å²) in [6.07, 6.45) is 6.53. The van der Waals surface area contributed by atoms with E-state index in [0.29, 0.717) is 18.8 Å². The van der Waals surface area contributed by atoms with Gasteiger partial charge in [-0.15, -0.1) is 0 Å². The molecule has 0 aromatic heterocycles. The number of aliphatic hydroxyl groups is 2. The normalized spacial score (nSPS) is 54.2. The molecule has 5 nitrogen and oxygen atoms in total. The fraction of sp³-hybridized carbons (Fsp3) is 0.938. The molecule has 10 atom stereocenters. The molecular formula is C32H52O5. The number of Topliss-reactive ketones (excluding diaryl/α,β-unsaturated/α-hetero) is 1. The second kappa shape index (κ2) is 7.83. The maximum absolute atomic E-state index is 14.5. The van der Waals surface area contributed by atoms with Gasteiger partial charge in [0.05, 0.1) is 6.10 Å². The number of carbonyl (C=O) groups is 2. The van der Waals surface area contributed by atoms with Gasteiger partial charge in [0.15, 0.2) is 5.78 Å². The predicted octanol–water partition coefficient (Wildman–Crippen LogP) is 6.08. The van der Waals surface area contributed by atoms with Crippen molar-refractivity contribution in [3.63, 3.8) is 0 Å². The number of carbonyl (C=O) groups excluding carboxylic acids is 2. The molecule has 37 heavy (non-hydrogen) atoms. The van der Waals surface area contributed by atoms with Crippen LogP contribution in [-0.4, -0.2) is 39.8 Å². The van der Waals surface area contributed by atoms with Crippen LogP contribution >= 0.6 is 0 Å². The van der Waals surface area contributed by atoms with E-state index in [4.69, 9.17) is 4.74 Å². The van der Waals surface area contributed by atoms with E-state index >= 15 is 0 Å². The lowest BCUT2D eigenvalue weighted by Gasteiger charge is -2.75. The van der Waals surface area contributed by atoms with Crippen LogP contribution < -0.4 is 0 Å². The van der Waals surface area contributed by atoms with E-state index in [1.165, 1.54) is 6.92 Å². The van der Waals surface area contributed by atoms with Crippen molar-refractivity contribution in [1.82, 2.24) is 0 Å². The molecule has 0 spiro atoms. The lowest BCUT2D eigenvalue weighted by atomic mass is 9.29. The third-order valence-electron chi connectivity index (χ3n) is 13.9. The quantitative estimate of drug-likeness (QED) is 0.412. The molecular weight excluding hydrogens is 464 g/mol. The van der Waals surface area contributed by atoms with Crippen molar-refractivity contribution in [2.45, 2.75) is 138 Å². The minimum absolute atomic E-state index is 0.0352. The molecule has 0 saturated heterocycles. The molecule has 0 aliphatic heterocycles. The highest BCUT2D eigenvalue weighted by molar-refractivity contribution is 5.91. The van der Waals surface area contributed by atoms with Crippen molar-refractivity contribution in [1.29, 1.82) is 0 Å². The molecule has 0 aromatic carbocycles. The highest BCUT2D eigenvalue weighted by Crippen LogP contribution is 2.77. The van der Waals surface area contributed by atoms with E-state index in [2.05, 4.69) is 55.4 Å². The van der Waals surface area contributed by atoms with Crippen LogP contribution in [0.25, 0.3) is 0 Å². The highest BCUT2D eigenvalue weighted by atomic mass is 16.5. The zero-order valence-corrected chi connectivity index (χ0v) is 24.9. The van der Waals surface area contributed by atoms with E-state index < -0.39 is 17.1 Å². The van der Waals surface area contributed by atoms with Gasteiger partial charge in [0.1, 0.15) is 11.7 Å². The Morgan fingerprint density at radius 3 is 2.14 bits per heavy atom. The van der Waals surface area contributed by atoms with Gasteiger partial charge in [-0.1, -0.05) is 55.4 Å². The molecule has 2 N–H and O–H groups in total. The van der Waals surface area contributed by atoms with E-state index in [9.17, 15) is 19.8 Å². The Kier molecular flexibility index (Phi) is 5.85. The molecule has 0 heterocycles. The Morgan fingerprint density at radius 2 is 1.51 bits per heavy atom. The average Bonchev–Trinajstić information content (AvgIpc) is 2.77. The molecule has 0 aromatic rings. The van der Waals surface area contributed by atoms with Gasteiger partial charge >= 0.3 is 5.97 Å². The van der Waals surface area contributed by atoms with Gasteiger partial charge in [0, 0.05) is 30.1 Å². The maximum atomic E-state index is 14.5. The monoisotopic (exact) mass is 516 g/mol. The maximum Gasteiger partial charge on any atom is 0.302 e. The van der Waals surface area contributed by atoms with Crippen LogP contribution in [0.5, 0.6) is 0 Å². The number of rotatable bonds is 1. The smallest absolute Gasteiger partial charge is 0.302 e. The number of ketones is 1. The summed E-state index contributed by atoms with van der Waals surface area (Å²) in [4.78, 5) is 26.4. The molecule has 0 unspecified atom stereocenters. The molecule has 0 amide bonds. The number of aliphatic hydroxyl groups excluding tert-OH is 1. The Labute approximate surface area is 224 Å². The number of esters is 1. The fourth-order valence-corrected chi connectivity index (χ4v) is 11.5. The number of hydrogen-bond acceptors (Lipinski definition) is 5. The topological polar surface area (TPSA) is 83.8 Å². The summed E-state index contributed by atoms with van der Waals surface area (Å²) in [5.74, 6) is -0.0179. The van der Waals surface area contributed by atoms with Crippen molar-refractivity contribution < 1.29 is 24.5 Å². The predicted molar refractivity (Wildman–Crippen MR) is 144 cm³/mol. The van der Waals surface area contributed by atoms with Crippen LogP contribution in [-0.2, 0) is 14.3 Å². The first kappa shape index (κ1) is 27.6. The molecule has 5 saturated carbocycles. The van der Waals surface area contributed by atoms with Gasteiger partial charge in [-0.3, -0.25) is 9.59 Å². The van der Waals surface area contributed by atoms with E-state index in [-0.39, 0.29) is 56.8 Å². The van der Waals surface area contributed by atoms with Crippen LogP contribution in [0, 0.1) is 50.2 Å². The summed E-state index contributed by atoms with van der Waals surface area (Å²) in [5, 5.41) is 24.9. The van der Waals surface area contributed by atoms with Gasteiger partial charge in [-0.2, -0.15) is 0 Å². The first-order valence-electron chi connectivity index (χ1n) is 14.9. The summed E-state index contributed by atoms with van der Waals surface area (Å²) in [7, 11) is 0. The average molecular weight is 517 g/mol. The van der Waals surface area contributed by atoms with Crippen molar-refractivity contribution in [3.8, 4) is 0 Å². The molecule has 5 rings (SSSR count). The zero-order valence-electron chi connectivity index (χ0n) is 24.9. The molecule has 5 aliphatic rings. The molecule has 0 radical (unpaired) electrons. The first-order valence-corrected chi connectivity index (χ1v) is 14.9. The third kappa shape index (κ3) is 3.28. The summed E-state index contributed by atoms with van der Waals surface area (Å²) in [6.45, 7) is 19.4. The number of fused-ring (bicyclic) bond motifs is 7. The minimum atomic E-state index is -1.52. The SMILES string of the molecule is CC(=O)O[C@@H]1CC[C@]2(C)[C@H](CC[C@@]3(C)[C@H]2CC(=O)[C@@]2(O)[C@H]4CC(C)(C)CC[C@@]4(C)C[C@@H](O)[C@]32C)C1(C)C. The van der Waals surface area contributed by atoms with Crippen molar-refractivity contribution in [3.05, 3.63) is 0 Å². The van der Waals surface area contributed by atoms with Gasteiger partial charge in [-0.25, -0.2) is 0 Å². The molecule has 5 fully saturated rings. The second-order valence-corrected chi connectivity index (χ2v) is 16.4. The van der Waals surface area contributed by atoms with Gasteiger partial charge in [0.25, 0.3) is 0 Å². The Morgan fingerprint density at radius 1 is 0.865 bits per heavy atom. The van der Waals surface area contributed by atoms with Gasteiger partial charge in [0.2, 0.25) is 0 Å². The molecule has 5 heteroatoms. The zero-order chi connectivity index (χ0) is 27.6. The lowest BCUT2D eigenvalue weighted by Crippen LogP contribution is -2.80. The third-order valence-corrected chi connectivity index (χ3v) is 13.9. The molecule has 0 bridgehead atoms. The summed E-state index contributed by atoms with van der Waals surface area (Å²) in [6, 6.07) is 0. The van der Waals surface area contributed by atoms with Crippen molar-refractivity contribution in [2.24, 2.45) is 50.2 Å². The lowest BCUT2D eigenvalue weighted by molar-refractivity contribution is -0.320. The standard InChI is InChI=1S/C32H52O5/c1-19(33)37-25-11-12-29(7)20(27(25,4)5)10-13-30(8)21(29)16-23(34)32(36)22-17-26(2,3)14-15-28(22,6)18-24(35)31(30,32)9/h20-22,24-25,35-36H,10-18H2,1-9H3/t20-,21+,22+,24-,25-,28+,29-,30+,31-,32+/m1/s1. The van der Waals surface area contributed by atoms with Gasteiger partial charge in [-0.05, 0) is 84.9 Å². The Hall–Kier alpha value is -0.940. The summed E-state index contributed by atoms with van der Waals surface area (Å²) >= 11 is 0. The van der Waals surface area contributed by atoms with E-state index in [1.807, 2.05) is 0 Å². The molecule has 210 valence electrons. The summed E-state index contributed by atoms with van der Waals surface area (Å²) in [5.41, 5.74) is -3.27.